The van der Waals surface area contributed by atoms with Gasteiger partial charge in [-0.2, -0.15) is 0 Å². The van der Waals surface area contributed by atoms with Crippen molar-refractivity contribution in [3.8, 4) is 5.75 Å². The van der Waals surface area contributed by atoms with Crippen LogP contribution in [0.25, 0.3) is 0 Å². The number of carbonyl (C=O) groups is 2. The van der Waals surface area contributed by atoms with Crippen LogP contribution >= 0.6 is 0 Å². The number of rotatable bonds is 5. The fourth-order valence-electron chi connectivity index (χ4n) is 4.56. The van der Waals surface area contributed by atoms with Gasteiger partial charge in [0.05, 0.1) is 11.7 Å². The second-order valence-corrected chi connectivity index (χ2v) is 10.1. The molecule has 1 fully saturated rings. The number of ether oxygens (including phenoxy) is 2. The van der Waals surface area contributed by atoms with Gasteiger partial charge in [0.15, 0.2) is 0 Å². The zero-order valence-corrected chi connectivity index (χ0v) is 21.5. The van der Waals surface area contributed by atoms with E-state index >= 15 is 0 Å². The molecule has 36 heavy (non-hydrogen) atoms. The maximum absolute atomic E-state index is 13.5. The number of carbonyl (C=O) groups excluding carboxylic acids is 2. The second kappa shape index (κ2) is 11.4. The van der Waals surface area contributed by atoms with Gasteiger partial charge in [-0.1, -0.05) is 19.1 Å². The molecule has 4 rings (SSSR count). The van der Waals surface area contributed by atoms with Gasteiger partial charge in [0.25, 0.3) is 5.91 Å². The summed E-state index contributed by atoms with van der Waals surface area (Å²) in [5.74, 6) is 0.219. The Balaban J connectivity index is 1.61. The number of fused-ring (bicyclic) bond motifs is 1. The van der Waals surface area contributed by atoms with Crippen LogP contribution in [0.15, 0.2) is 42.5 Å². The first kappa shape index (κ1) is 26.1. The molecule has 0 spiro atoms. The van der Waals surface area contributed by atoms with Gasteiger partial charge in [0.1, 0.15) is 18.2 Å². The molecule has 7 nitrogen and oxygen atoms in total. The molecule has 2 aromatic rings. The molecule has 3 atom stereocenters. The van der Waals surface area contributed by atoms with Crippen molar-refractivity contribution in [2.24, 2.45) is 11.8 Å². The number of hydrogen-bond donors (Lipinski definition) is 1. The van der Waals surface area contributed by atoms with E-state index in [9.17, 15) is 14.0 Å². The minimum Gasteiger partial charge on any atom is -0.491 e. The molecular weight excluding hydrogens is 461 g/mol. The Hall–Kier alpha value is -2.97. The molecule has 0 saturated heterocycles. The molecule has 2 aromatic carbocycles. The van der Waals surface area contributed by atoms with Crippen molar-refractivity contribution in [1.82, 2.24) is 9.80 Å². The Morgan fingerprint density at radius 1 is 1.14 bits per heavy atom. The average Bonchev–Trinajstić information content (AvgIpc) is 3.71. The molecule has 194 valence electrons. The van der Waals surface area contributed by atoms with E-state index in [1.54, 1.807) is 49.4 Å². The Bertz CT molecular complexity index is 1070. The number of nitrogens with zero attached hydrogens (tertiary/aromatic N) is 2. The van der Waals surface area contributed by atoms with E-state index in [0.717, 1.165) is 24.9 Å². The molecular formula is C28H36FN3O4. The van der Waals surface area contributed by atoms with Gasteiger partial charge >= 0.3 is 0 Å². The third-order valence-corrected chi connectivity index (χ3v) is 7.09. The van der Waals surface area contributed by atoms with E-state index in [2.05, 4.69) is 24.1 Å². The molecule has 1 aliphatic heterocycles. The third-order valence-electron chi connectivity index (χ3n) is 7.09. The van der Waals surface area contributed by atoms with Crippen LogP contribution in [0.2, 0.25) is 0 Å². The second-order valence-electron chi connectivity index (χ2n) is 10.1. The van der Waals surface area contributed by atoms with E-state index in [1.807, 2.05) is 0 Å². The van der Waals surface area contributed by atoms with Crippen molar-refractivity contribution in [2.75, 3.05) is 39.2 Å². The van der Waals surface area contributed by atoms with Crippen LogP contribution in [0.4, 0.5) is 10.1 Å². The number of benzene rings is 2. The summed E-state index contributed by atoms with van der Waals surface area (Å²) >= 11 is 0. The van der Waals surface area contributed by atoms with Gasteiger partial charge in [-0.3, -0.25) is 14.5 Å². The van der Waals surface area contributed by atoms with Crippen LogP contribution in [0.3, 0.4) is 0 Å². The van der Waals surface area contributed by atoms with Crippen LogP contribution in [0.5, 0.6) is 5.75 Å². The highest BCUT2D eigenvalue weighted by atomic mass is 19.1. The molecule has 2 aliphatic rings. The van der Waals surface area contributed by atoms with Crippen molar-refractivity contribution in [3.05, 3.63) is 59.4 Å². The summed E-state index contributed by atoms with van der Waals surface area (Å²) in [5, 5.41) is 2.92. The number of likely N-dealkylation sites (N-methyl/N-ethyl adjacent to an activating group) is 1. The molecule has 1 aliphatic carbocycles. The molecule has 0 unspecified atom stereocenters. The summed E-state index contributed by atoms with van der Waals surface area (Å²) in [5.41, 5.74) is 2.01. The van der Waals surface area contributed by atoms with Crippen molar-refractivity contribution in [3.63, 3.8) is 0 Å². The monoisotopic (exact) mass is 497 g/mol. The molecule has 2 amide bonds. The highest BCUT2D eigenvalue weighted by Gasteiger charge is 2.31. The molecule has 0 aromatic heterocycles. The summed E-state index contributed by atoms with van der Waals surface area (Å²) in [7, 11) is 3.42. The zero-order chi connectivity index (χ0) is 25.8. The zero-order valence-electron chi connectivity index (χ0n) is 21.5. The number of hydrogen-bond acceptors (Lipinski definition) is 5. The summed E-state index contributed by atoms with van der Waals surface area (Å²) in [6, 6.07) is 11.8. The van der Waals surface area contributed by atoms with Crippen LogP contribution in [-0.2, 0) is 16.1 Å². The lowest BCUT2D eigenvalue weighted by molar-refractivity contribution is -0.117. The average molecular weight is 498 g/mol. The van der Waals surface area contributed by atoms with Gasteiger partial charge in [-0.05, 0) is 61.6 Å². The smallest absolute Gasteiger partial charge is 0.257 e. The fourth-order valence-corrected chi connectivity index (χ4v) is 4.56. The third kappa shape index (κ3) is 6.42. The number of methoxy groups -OCH3 is 1. The van der Waals surface area contributed by atoms with Gasteiger partial charge < -0.3 is 19.7 Å². The summed E-state index contributed by atoms with van der Waals surface area (Å²) in [6.07, 6.45) is 1.64. The quantitative estimate of drug-likeness (QED) is 0.671. The topological polar surface area (TPSA) is 71.1 Å². The first-order chi connectivity index (χ1) is 17.2. The van der Waals surface area contributed by atoms with Crippen molar-refractivity contribution in [1.29, 1.82) is 0 Å². The normalized spacial score (nSPS) is 23.8. The first-order valence-electron chi connectivity index (χ1n) is 12.6. The summed E-state index contributed by atoms with van der Waals surface area (Å²) < 4.78 is 25.5. The van der Waals surface area contributed by atoms with Crippen LogP contribution < -0.4 is 10.1 Å². The van der Waals surface area contributed by atoms with Gasteiger partial charge in [0, 0.05) is 51.4 Å². The fraction of sp³-hybridized carbons (Fsp3) is 0.500. The lowest BCUT2D eigenvalue weighted by Crippen LogP contribution is -2.46. The van der Waals surface area contributed by atoms with E-state index in [0.29, 0.717) is 36.7 Å². The van der Waals surface area contributed by atoms with Gasteiger partial charge in [0.2, 0.25) is 5.91 Å². The minimum absolute atomic E-state index is 0.0110. The van der Waals surface area contributed by atoms with Gasteiger partial charge in [-0.15, -0.1) is 0 Å². The largest absolute Gasteiger partial charge is 0.491 e. The molecule has 1 heterocycles. The van der Waals surface area contributed by atoms with Crippen molar-refractivity contribution >= 4 is 17.5 Å². The van der Waals surface area contributed by atoms with E-state index < -0.39 is 0 Å². The summed E-state index contributed by atoms with van der Waals surface area (Å²) in [6.45, 7) is 6.34. The number of halogens is 1. The van der Waals surface area contributed by atoms with Crippen molar-refractivity contribution in [2.45, 2.75) is 45.4 Å². The Labute approximate surface area is 212 Å². The lowest BCUT2D eigenvalue weighted by atomic mass is 10.0. The van der Waals surface area contributed by atoms with Crippen LogP contribution in [-0.4, -0.2) is 67.6 Å². The first-order valence-corrected chi connectivity index (χ1v) is 12.6. The van der Waals surface area contributed by atoms with E-state index in [1.165, 1.54) is 12.1 Å². The van der Waals surface area contributed by atoms with E-state index in [4.69, 9.17) is 9.47 Å². The molecule has 0 bridgehead atoms. The van der Waals surface area contributed by atoms with Crippen LogP contribution in [0.1, 0.15) is 42.6 Å². The Kier molecular flexibility index (Phi) is 8.26. The number of anilines is 1. The Morgan fingerprint density at radius 3 is 2.53 bits per heavy atom. The van der Waals surface area contributed by atoms with Crippen LogP contribution in [0, 0.1) is 17.7 Å². The van der Waals surface area contributed by atoms with Gasteiger partial charge in [-0.25, -0.2) is 4.39 Å². The van der Waals surface area contributed by atoms with Crippen molar-refractivity contribution < 1.29 is 23.5 Å². The number of amides is 2. The highest BCUT2D eigenvalue weighted by Crippen LogP contribution is 2.31. The predicted molar refractivity (Wildman–Crippen MR) is 136 cm³/mol. The maximum atomic E-state index is 13.5. The molecule has 0 radical (unpaired) electrons. The molecule has 1 N–H and O–H groups in total. The minimum atomic E-state index is -0.256. The standard InChI is InChI=1S/C28H36FN3O4/c1-18-14-32(15-20-5-9-22(29)10-6-20)19(2)17-36-25-12-11-23(30-27(33)21-7-8-21)13-24(25)28(34)31(3)16-26(18)35-4/h5-6,9-13,18-19,21,26H,7-8,14-17H2,1-4H3,(H,30,33)/t18-,19+,26+/m1/s1. The molecule has 1 saturated carbocycles. The molecule has 8 heteroatoms. The SMILES string of the molecule is CO[C@H]1CN(C)C(=O)c2cc(NC(=O)C3CC3)ccc2OC[C@H](C)N(Cc2ccc(F)cc2)C[C@H]1C. The Morgan fingerprint density at radius 2 is 1.86 bits per heavy atom. The lowest BCUT2D eigenvalue weighted by Gasteiger charge is -2.36. The predicted octanol–water partition coefficient (Wildman–Crippen LogP) is 4.18. The summed E-state index contributed by atoms with van der Waals surface area (Å²) in [4.78, 5) is 29.7. The highest BCUT2D eigenvalue weighted by molar-refractivity contribution is 6.00. The number of nitrogens with one attached hydrogen (secondary N) is 1. The maximum Gasteiger partial charge on any atom is 0.257 e. The van der Waals surface area contributed by atoms with E-state index in [-0.39, 0.29) is 41.6 Å².